The number of pyridine rings is 1. The van der Waals surface area contributed by atoms with Gasteiger partial charge in [-0.1, -0.05) is 13.8 Å². The summed E-state index contributed by atoms with van der Waals surface area (Å²) in [6, 6.07) is 4.53. The van der Waals surface area contributed by atoms with Gasteiger partial charge in [0, 0.05) is 31.9 Å². The fraction of sp³-hybridized carbons (Fsp3) is 0.565. The number of hydrogen-bond donors (Lipinski definition) is 3. The van der Waals surface area contributed by atoms with Crippen LogP contribution in [0.15, 0.2) is 18.3 Å². The third kappa shape index (κ3) is 6.51. The molecule has 2 aliphatic heterocycles. The van der Waals surface area contributed by atoms with E-state index in [2.05, 4.69) is 24.1 Å². The van der Waals surface area contributed by atoms with Gasteiger partial charge in [0.1, 0.15) is 18.3 Å². The molecule has 0 aliphatic carbocycles. The first-order valence-corrected chi connectivity index (χ1v) is 11.2. The molecule has 0 aromatic carbocycles. The van der Waals surface area contributed by atoms with Crippen LogP contribution in [0.25, 0.3) is 0 Å². The van der Waals surface area contributed by atoms with Crippen molar-refractivity contribution in [1.82, 2.24) is 20.1 Å². The van der Waals surface area contributed by atoms with Crippen molar-refractivity contribution in [2.24, 2.45) is 11.8 Å². The van der Waals surface area contributed by atoms with Gasteiger partial charge in [0.05, 0.1) is 17.5 Å². The van der Waals surface area contributed by atoms with E-state index in [1.165, 1.54) is 17.2 Å². The Kier molecular flexibility index (Phi) is 9.94. The first kappa shape index (κ1) is 26.7. The molecule has 3 heterocycles. The van der Waals surface area contributed by atoms with Crippen LogP contribution in [0.1, 0.15) is 49.2 Å². The number of aliphatic hydroxyl groups is 1. The molecule has 0 bridgehead atoms. The van der Waals surface area contributed by atoms with Crippen molar-refractivity contribution in [1.29, 1.82) is 5.26 Å². The third-order valence-corrected chi connectivity index (χ3v) is 5.88. The maximum Gasteiger partial charge on any atom is 0.290 e. The molecule has 3 rings (SSSR count). The summed E-state index contributed by atoms with van der Waals surface area (Å²) >= 11 is 0. The number of nitrogens with one attached hydrogen (secondary N) is 1. The van der Waals surface area contributed by atoms with Crippen molar-refractivity contribution < 1.29 is 29.4 Å². The highest BCUT2D eigenvalue weighted by Crippen LogP contribution is 2.36. The van der Waals surface area contributed by atoms with Crippen molar-refractivity contribution >= 4 is 24.2 Å². The normalized spacial score (nSPS) is 21.3. The van der Waals surface area contributed by atoms with E-state index in [-0.39, 0.29) is 61.0 Å². The summed E-state index contributed by atoms with van der Waals surface area (Å²) in [4.78, 5) is 54.4. The molecular weight excluding hydrogens is 442 g/mol. The molecule has 0 unspecified atom stereocenters. The molecule has 0 radical (unpaired) electrons. The second-order valence-corrected chi connectivity index (χ2v) is 8.70. The summed E-state index contributed by atoms with van der Waals surface area (Å²) in [6.07, 6.45) is 3.06. The maximum atomic E-state index is 13.1. The zero-order valence-corrected chi connectivity index (χ0v) is 19.4. The molecule has 1 aromatic heterocycles. The first-order chi connectivity index (χ1) is 16.3. The number of aromatic nitrogens is 1. The summed E-state index contributed by atoms with van der Waals surface area (Å²) in [5.41, 5.74) is 0.551. The van der Waals surface area contributed by atoms with Crippen LogP contribution in [0.5, 0.6) is 0 Å². The van der Waals surface area contributed by atoms with Gasteiger partial charge in [0.15, 0.2) is 0 Å². The molecule has 2 fully saturated rings. The minimum absolute atomic E-state index is 0.00881. The van der Waals surface area contributed by atoms with Gasteiger partial charge >= 0.3 is 0 Å². The van der Waals surface area contributed by atoms with Gasteiger partial charge in [-0.2, -0.15) is 5.26 Å². The molecule has 3 atom stereocenters. The van der Waals surface area contributed by atoms with Crippen LogP contribution in [0.3, 0.4) is 0 Å². The van der Waals surface area contributed by atoms with Gasteiger partial charge in [-0.15, -0.1) is 0 Å². The molecule has 0 saturated carbocycles. The number of nitrogens with zero attached hydrogens (tertiary/aromatic N) is 4. The van der Waals surface area contributed by atoms with Gasteiger partial charge in [-0.3, -0.25) is 19.2 Å². The molecule has 2 saturated heterocycles. The van der Waals surface area contributed by atoms with Crippen LogP contribution < -0.4 is 5.32 Å². The van der Waals surface area contributed by atoms with E-state index in [0.29, 0.717) is 43.8 Å². The molecule has 1 aromatic rings. The number of fused-ring (bicyclic) bond motifs is 1. The van der Waals surface area contributed by atoms with Crippen LogP contribution >= 0.6 is 0 Å². The second-order valence-electron chi connectivity index (χ2n) is 8.70. The Morgan fingerprint density at radius 3 is 2.65 bits per heavy atom. The van der Waals surface area contributed by atoms with Crippen LogP contribution in [0.4, 0.5) is 0 Å². The predicted molar refractivity (Wildman–Crippen MR) is 120 cm³/mol. The third-order valence-electron chi connectivity index (χ3n) is 5.88. The summed E-state index contributed by atoms with van der Waals surface area (Å²) in [5.74, 6) is -0.574. The average Bonchev–Trinajstić information content (AvgIpc) is 3.17. The SMILES string of the molecule is CC(C)C[C@H]1[C@@H](C(=O)NCCCO)C[C@H]2CN(C(=O)c3ccc(C#N)nc3)CC(=O)N21.O=CO. The number of carbonyl (C=O) groups excluding carboxylic acids is 3. The van der Waals surface area contributed by atoms with Crippen molar-refractivity contribution in [3.8, 4) is 6.07 Å². The summed E-state index contributed by atoms with van der Waals surface area (Å²) < 4.78 is 0. The van der Waals surface area contributed by atoms with E-state index in [9.17, 15) is 14.4 Å². The van der Waals surface area contributed by atoms with E-state index in [1.54, 1.807) is 6.07 Å². The van der Waals surface area contributed by atoms with Gasteiger partial charge < -0.3 is 25.3 Å². The summed E-state index contributed by atoms with van der Waals surface area (Å²) in [7, 11) is 0. The van der Waals surface area contributed by atoms with Crippen LogP contribution in [-0.2, 0) is 14.4 Å². The fourth-order valence-corrected chi connectivity index (χ4v) is 4.53. The van der Waals surface area contributed by atoms with Gasteiger partial charge in [-0.25, -0.2) is 4.98 Å². The molecule has 184 valence electrons. The van der Waals surface area contributed by atoms with E-state index in [1.807, 2.05) is 11.0 Å². The Morgan fingerprint density at radius 2 is 2.09 bits per heavy atom. The molecule has 3 amide bonds. The van der Waals surface area contributed by atoms with Gasteiger partial charge in [0.25, 0.3) is 12.4 Å². The largest absolute Gasteiger partial charge is 0.483 e. The van der Waals surface area contributed by atoms with E-state index >= 15 is 0 Å². The summed E-state index contributed by atoms with van der Waals surface area (Å²) in [5, 5.41) is 27.6. The smallest absolute Gasteiger partial charge is 0.290 e. The number of aliphatic hydroxyl groups excluding tert-OH is 1. The number of piperazine rings is 1. The molecule has 11 nitrogen and oxygen atoms in total. The lowest BCUT2D eigenvalue weighted by molar-refractivity contribution is -0.140. The van der Waals surface area contributed by atoms with Crippen molar-refractivity contribution in [2.45, 2.75) is 45.2 Å². The Morgan fingerprint density at radius 1 is 1.38 bits per heavy atom. The summed E-state index contributed by atoms with van der Waals surface area (Å²) in [6.45, 7) is 4.61. The van der Waals surface area contributed by atoms with Crippen molar-refractivity contribution in [3.05, 3.63) is 29.6 Å². The number of hydrogen-bond acceptors (Lipinski definition) is 7. The van der Waals surface area contributed by atoms with E-state index in [4.69, 9.17) is 20.3 Å². The highest BCUT2D eigenvalue weighted by molar-refractivity contribution is 5.97. The number of nitriles is 1. The molecule has 0 spiro atoms. The van der Waals surface area contributed by atoms with Crippen molar-refractivity contribution in [3.63, 3.8) is 0 Å². The lowest BCUT2D eigenvalue weighted by Crippen LogP contribution is -2.58. The minimum Gasteiger partial charge on any atom is -0.483 e. The van der Waals surface area contributed by atoms with Crippen LogP contribution in [0.2, 0.25) is 0 Å². The highest BCUT2D eigenvalue weighted by atomic mass is 16.3. The first-order valence-electron chi connectivity index (χ1n) is 11.2. The Balaban J connectivity index is 0.00000129. The van der Waals surface area contributed by atoms with Crippen molar-refractivity contribution in [2.75, 3.05) is 26.2 Å². The Hall–Kier alpha value is -3.52. The van der Waals surface area contributed by atoms with Crippen LogP contribution in [0, 0.1) is 23.2 Å². The lowest BCUT2D eigenvalue weighted by atomic mass is 9.91. The standard InChI is InChI=1S/C22H29N5O4.CH2O2/c1-14(2)8-19-18(21(30)24-6-3-7-28)9-17-12-26(13-20(29)27(17)19)22(31)15-4-5-16(10-23)25-11-15;2-1-3/h4-5,11,14,17-19,28H,3,6-9,12-13H2,1-2H3,(H,24,30);1H,(H,2,3)/t17-,18-,19-;/m0./s1. The fourth-order valence-electron chi connectivity index (χ4n) is 4.53. The predicted octanol–water partition coefficient (Wildman–Crippen LogP) is 0.240. The number of rotatable bonds is 7. The molecular formula is C23H31N5O6. The lowest BCUT2D eigenvalue weighted by Gasteiger charge is -2.40. The van der Waals surface area contributed by atoms with Gasteiger partial charge in [-0.05, 0) is 37.3 Å². The minimum atomic E-state index is -0.332. The molecule has 2 aliphatic rings. The molecule has 3 N–H and O–H groups in total. The number of amides is 3. The average molecular weight is 474 g/mol. The zero-order valence-electron chi connectivity index (χ0n) is 19.4. The highest BCUT2D eigenvalue weighted by Gasteiger charge is 2.50. The topological polar surface area (TPSA) is 164 Å². The van der Waals surface area contributed by atoms with Gasteiger partial charge in [0.2, 0.25) is 11.8 Å². The number of carboxylic acid groups (broad SMARTS) is 1. The second kappa shape index (κ2) is 12.6. The van der Waals surface area contributed by atoms with E-state index in [0.717, 1.165) is 0 Å². The molecule has 34 heavy (non-hydrogen) atoms. The maximum absolute atomic E-state index is 13.1. The number of carbonyl (C=O) groups is 4. The van der Waals surface area contributed by atoms with Crippen LogP contribution in [-0.4, -0.2) is 87.5 Å². The quantitative estimate of drug-likeness (QED) is 0.374. The Bertz CT molecular complexity index is 913. The monoisotopic (exact) mass is 473 g/mol. The molecule has 11 heteroatoms. The Labute approximate surface area is 198 Å². The zero-order chi connectivity index (χ0) is 25.3. The van der Waals surface area contributed by atoms with E-state index < -0.39 is 0 Å².